The number of hydrogen-bond acceptors (Lipinski definition) is 2. The highest BCUT2D eigenvalue weighted by Gasteiger charge is 2.20. The zero-order valence-corrected chi connectivity index (χ0v) is 12.0. The van der Waals surface area contributed by atoms with Gasteiger partial charge >= 0.3 is 0 Å². The molecule has 1 rings (SSSR count). The molecule has 2 nitrogen and oxygen atoms in total. The van der Waals surface area contributed by atoms with E-state index in [0.717, 1.165) is 11.1 Å². The summed E-state index contributed by atoms with van der Waals surface area (Å²) in [7, 11) is 1.57. The van der Waals surface area contributed by atoms with Crippen LogP contribution in [0.5, 0.6) is 5.75 Å². The number of ether oxygens (including phenoxy) is 1. The van der Waals surface area contributed by atoms with E-state index in [-0.39, 0.29) is 9.52 Å². The van der Waals surface area contributed by atoms with Gasteiger partial charge in [0, 0.05) is 0 Å². The topological polar surface area (TPSA) is 26.3 Å². The number of benzene rings is 1. The van der Waals surface area contributed by atoms with Crippen molar-refractivity contribution in [1.29, 1.82) is 0 Å². The van der Waals surface area contributed by atoms with Crippen molar-refractivity contribution in [3.05, 3.63) is 28.8 Å². The number of carbonyl (C=O) groups excluding carboxylic acids is 1. The van der Waals surface area contributed by atoms with Gasteiger partial charge in [0.15, 0.2) is 5.78 Å². The molecule has 0 aliphatic heterocycles. The van der Waals surface area contributed by atoms with Crippen molar-refractivity contribution >= 4 is 37.6 Å². The van der Waals surface area contributed by atoms with Gasteiger partial charge in [-0.3, -0.25) is 4.79 Å². The number of hydrogen-bond donors (Lipinski definition) is 0. The van der Waals surface area contributed by atoms with Crippen molar-refractivity contribution in [3.8, 4) is 5.75 Å². The quantitative estimate of drug-likeness (QED) is 0.623. The highest BCUT2D eigenvalue weighted by molar-refractivity contribution is 9.25. The van der Waals surface area contributed by atoms with Gasteiger partial charge in [-0.05, 0) is 31.0 Å². The number of ketones is 1. The van der Waals surface area contributed by atoms with Crippen LogP contribution in [0.4, 0.5) is 0 Å². The molecule has 15 heavy (non-hydrogen) atoms. The summed E-state index contributed by atoms with van der Waals surface area (Å²) in [4.78, 5) is 11.9. The van der Waals surface area contributed by atoms with Crippen LogP contribution in [0.2, 0.25) is 0 Å². The van der Waals surface area contributed by atoms with Crippen molar-refractivity contribution in [2.45, 2.75) is 17.6 Å². The average Bonchev–Trinajstić information content (AvgIpc) is 2.15. The summed E-state index contributed by atoms with van der Waals surface area (Å²) in [5, 5.41) is 0. The first-order valence-electron chi connectivity index (χ1n) is 4.45. The fourth-order valence-electron chi connectivity index (χ4n) is 1.51. The summed E-state index contributed by atoms with van der Waals surface area (Å²) < 4.78 is 4.84. The Bertz CT molecular complexity index is 386. The molecule has 0 atom stereocenters. The molecule has 0 fully saturated rings. The summed E-state index contributed by atoms with van der Waals surface area (Å²) in [6, 6.07) is 3.83. The third kappa shape index (κ3) is 2.82. The Kier molecular flexibility index (Phi) is 4.34. The van der Waals surface area contributed by atoms with Gasteiger partial charge in [-0.2, -0.15) is 0 Å². The van der Waals surface area contributed by atoms with Crippen molar-refractivity contribution in [1.82, 2.24) is 0 Å². The van der Waals surface area contributed by atoms with Crippen LogP contribution in [0.1, 0.15) is 21.5 Å². The number of methoxy groups -OCH3 is 1. The summed E-state index contributed by atoms with van der Waals surface area (Å²) in [5.74, 6) is 0.603. The molecule has 4 heteroatoms. The lowest BCUT2D eigenvalue weighted by Crippen LogP contribution is -2.11. The fraction of sp³-hybridized carbons (Fsp3) is 0.364. The molecule has 0 saturated carbocycles. The van der Waals surface area contributed by atoms with Crippen LogP contribution >= 0.6 is 31.9 Å². The maximum atomic E-state index is 11.9. The number of rotatable bonds is 3. The van der Waals surface area contributed by atoms with E-state index in [1.54, 1.807) is 7.11 Å². The maximum absolute atomic E-state index is 11.9. The molecule has 0 radical (unpaired) electrons. The van der Waals surface area contributed by atoms with Crippen LogP contribution in [0, 0.1) is 13.8 Å². The van der Waals surface area contributed by atoms with E-state index in [0.29, 0.717) is 11.3 Å². The van der Waals surface area contributed by atoms with Crippen LogP contribution in [-0.2, 0) is 0 Å². The van der Waals surface area contributed by atoms with Gasteiger partial charge in [0.2, 0.25) is 0 Å². The number of aryl methyl sites for hydroxylation is 2. The second kappa shape index (κ2) is 5.12. The lowest BCUT2D eigenvalue weighted by molar-refractivity contribution is 0.101. The Morgan fingerprint density at radius 1 is 1.33 bits per heavy atom. The monoisotopic (exact) mass is 334 g/mol. The molecule has 1 aromatic carbocycles. The third-order valence-electron chi connectivity index (χ3n) is 2.11. The van der Waals surface area contributed by atoms with Crippen LogP contribution in [0.15, 0.2) is 12.1 Å². The minimum absolute atomic E-state index is 0.0237. The van der Waals surface area contributed by atoms with E-state index >= 15 is 0 Å². The van der Waals surface area contributed by atoms with Crippen molar-refractivity contribution in [3.63, 3.8) is 0 Å². The Hall–Kier alpha value is -0.350. The van der Waals surface area contributed by atoms with Crippen LogP contribution in [-0.4, -0.2) is 16.6 Å². The summed E-state index contributed by atoms with van der Waals surface area (Å²) in [6.45, 7) is 3.88. The molecule has 0 saturated heterocycles. The second-order valence-electron chi connectivity index (χ2n) is 3.32. The normalized spacial score (nSPS) is 10.5. The van der Waals surface area contributed by atoms with E-state index < -0.39 is 0 Å². The summed E-state index contributed by atoms with van der Waals surface area (Å²) in [5.41, 5.74) is 2.64. The smallest absolute Gasteiger partial charge is 0.191 e. The molecular weight excluding hydrogens is 324 g/mol. The highest BCUT2D eigenvalue weighted by Crippen LogP contribution is 2.28. The highest BCUT2D eigenvalue weighted by atomic mass is 79.9. The average molecular weight is 336 g/mol. The molecule has 0 aliphatic rings. The minimum Gasteiger partial charge on any atom is -0.496 e. The molecule has 82 valence electrons. The van der Waals surface area contributed by atoms with Gasteiger partial charge in [0.05, 0.1) is 12.7 Å². The Morgan fingerprint density at radius 2 is 1.93 bits per heavy atom. The molecule has 0 spiro atoms. The number of Topliss-reactive ketones (excluding diaryl/α,β-unsaturated/α-hetero) is 1. The van der Waals surface area contributed by atoms with E-state index in [9.17, 15) is 4.79 Å². The fourth-order valence-corrected chi connectivity index (χ4v) is 1.97. The van der Waals surface area contributed by atoms with E-state index in [1.807, 2.05) is 26.0 Å². The van der Waals surface area contributed by atoms with E-state index in [4.69, 9.17) is 4.74 Å². The first-order valence-corrected chi connectivity index (χ1v) is 6.28. The van der Waals surface area contributed by atoms with E-state index in [1.165, 1.54) is 0 Å². The molecule has 1 aromatic rings. The first kappa shape index (κ1) is 12.7. The Balaban J connectivity index is 3.33. The number of carbonyl (C=O) groups is 1. The predicted octanol–water partition coefficient (Wildman–Crippen LogP) is 3.61. The van der Waals surface area contributed by atoms with Crippen LogP contribution in [0.3, 0.4) is 0 Å². The third-order valence-corrected chi connectivity index (χ3v) is 2.94. The minimum atomic E-state index is -0.375. The van der Waals surface area contributed by atoms with Gasteiger partial charge in [0.25, 0.3) is 0 Å². The Morgan fingerprint density at radius 3 is 2.40 bits per heavy atom. The second-order valence-corrected chi connectivity index (χ2v) is 6.38. The van der Waals surface area contributed by atoms with E-state index in [2.05, 4.69) is 31.9 Å². The van der Waals surface area contributed by atoms with Crippen molar-refractivity contribution in [2.75, 3.05) is 7.11 Å². The maximum Gasteiger partial charge on any atom is 0.191 e. The van der Waals surface area contributed by atoms with Gasteiger partial charge in [-0.1, -0.05) is 37.9 Å². The predicted molar refractivity (Wildman–Crippen MR) is 68.4 cm³/mol. The molecule has 0 heterocycles. The van der Waals surface area contributed by atoms with Gasteiger partial charge in [-0.25, -0.2) is 0 Å². The zero-order chi connectivity index (χ0) is 11.6. The summed E-state index contributed by atoms with van der Waals surface area (Å²) >= 11 is 6.41. The molecule has 0 aliphatic carbocycles. The molecule has 0 bridgehead atoms. The standard InChI is InChI=1S/C11H12Br2O2/c1-6-4-7(2)9(8(5-6)15-3)10(14)11(12)13/h4-5,11H,1-3H3. The molecule has 0 unspecified atom stereocenters. The SMILES string of the molecule is COc1cc(C)cc(C)c1C(=O)C(Br)Br. The molecule has 0 amide bonds. The summed E-state index contributed by atoms with van der Waals surface area (Å²) in [6.07, 6.45) is 0. The number of halogens is 2. The molecule has 0 N–H and O–H groups in total. The van der Waals surface area contributed by atoms with Crippen molar-refractivity contribution in [2.24, 2.45) is 0 Å². The lowest BCUT2D eigenvalue weighted by atomic mass is 10.0. The van der Waals surface area contributed by atoms with Gasteiger partial charge < -0.3 is 4.74 Å². The largest absolute Gasteiger partial charge is 0.496 e. The molecule has 0 aromatic heterocycles. The lowest BCUT2D eigenvalue weighted by Gasteiger charge is -2.12. The van der Waals surface area contributed by atoms with Crippen molar-refractivity contribution < 1.29 is 9.53 Å². The van der Waals surface area contributed by atoms with Crippen LogP contribution in [0.25, 0.3) is 0 Å². The zero-order valence-electron chi connectivity index (χ0n) is 8.80. The number of alkyl halides is 2. The molecular formula is C11H12Br2O2. The first-order chi connectivity index (χ1) is 6.97. The van der Waals surface area contributed by atoms with Crippen LogP contribution < -0.4 is 4.74 Å². The van der Waals surface area contributed by atoms with Gasteiger partial charge in [-0.15, -0.1) is 0 Å². The Labute approximate surface area is 106 Å². The van der Waals surface area contributed by atoms with Gasteiger partial charge in [0.1, 0.15) is 9.49 Å².